The standard InChI is InChI=1S/C17H16BrNO/c18-11-12-6-8-14(9-7-12)19-17(20)16-10-15(16)13-4-2-1-3-5-13/h1-9,15-16H,10-11H2,(H,19,20). The summed E-state index contributed by atoms with van der Waals surface area (Å²) in [5.41, 5.74) is 3.34. The fourth-order valence-electron chi connectivity index (χ4n) is 2.47. The monoisotopic (exact) mass is 329 g/mol. The number of halogens is 1. The molecule has 1 N–H and O–H groups in total. The van der Waals surface area contributed by atoms with Crippen LogP contribution in [-0.2, 0) is 10.1 Å². The molecule has 2 unspecified atom stereocenters. The van der Waals surface area contributed by atoms with Crippen molar-refractivity contribution in [3.63, 3.8) is 0 Å². The topological polar surface area (TPSA) is 29.1 Å². The van der Waals surface area contributed by atoms with E-state index in [1.54, 1.807) is 0 Å². The molecule has 2 aromatic rings. The van der Waals surface area contributed by atoms with E-state index >= 15 is 0 Å². The molecule has 0 radical (unpaired) electrons. The Labute approximate surface area is 127 Å². The van der Waals surface area contributed by atoms with Gasteiger partial charge < -0.3 is 5.32 Å². The van der Waals surface area contributed by atoms with E-state index in [9.17, 15) is 4.79 Å². The number of carbonyl (C=O) groups excluding carboxylic acids is 1. The zero-order chi connectivity index (χ0) is 13.9. The van der Waals surface area contributed by atoms with Crippen LogP contribution in [0.4, 0.5) is 5.69 Å². The van der Waals surface area contributed by atoms with Crippen LogP contribution in [0, 0.1) is 5.92 Å². The van der Waals surface area contributed by atoms with Gasteiger partial charge in [0.15, 0.2) is 0 Å². The average molecular weight is 330 g/mol. The van der Waals surface area contributed by atoms with E-state index in [2.05, 4.69) is 33.4 Å². The number of hydrogen-bond donors (Lipinski definition) is 1. The van der Waals surface area contributed by atoms with Crippen molar-refractivity contribution in [1.29, 1.82) is 0 Å². The van der Waals surface area contributed by atoms with Gasteiger partial charge in [0, 0.05) is 16.9 Å². The summed E-state index contributed by atoms with van der Waals surface area (Å²) >= 11 is 3.41. The van der Waals surface area contributed by atoms with E-state index in [-0.39, 0.29) is 11.8 Å². The van der Waals surface area contributed by atoms with Crippen LogP contribution >= 0.6 is 15.9 Å². The lowest BCUT2D eigenvalue weighted by Crippen LogP contribution is -2.14. The molecule has 0 saturated heterocycles. The molecule has 3 rings (SSSR count). The van der Waals surface area contributed by atoms with Gasteiger partial charge in [-0.05, 0) is 35.6 Å². The number of alkyl halides is 1. The number of anilines is 1. The van der Waals surface area contributed by atoms with Gasteiger partial charge in [-0.25, -0.2) is 0 Å². The van der Waals surface area contributed by atoms with Crippen molar-refractivity contribution >= 4 is 27.5 Å². The molecule has 0 aromatic heterocycles. The minimum atomic E-state index is 0.119. The molecule has 20 heavy (non-hydrogen) atoms. The molecule has 0 heterocycles. The second kappa shape index (κ2) is 5.80. The molecule has 1 saturated carbocycles. The fourth-order valence-corrected chi connectivity index (χ4v) is 2.84. The first kappa shape index (κ1) is 13.4. The molecule has 2 atom stereocenters. The Kier molecular flexibility index (Phi) is 3.88. The summed E-state index contributed by atoms with van der Waals surface area (Å²) in [4.78, 5) is 12.2. The van der Waals surface area contributed by atoms with Crippen molar-refractivity contribution in [2.45, 2.75) is 17.7 Å². The van der Waals surface area contributed by atoms with Crippen molar-refractivity contribution < 1.29 is 4.79 Å². The molecule has 1 amide bonds. The summed E-state index contributed by atoms with van der Waals surface area (Å²) in [6.45, 7) is 0. The van der Waals surface area contributed by atoms with E-state index in [1.807, 2.05) is 42.5 Å². The molecule has 1 aliphatic rings. The molecule has 0 bridgehead atoms. The van der Waals surface area contributed by atoms with E-state index in [0.29, 0.717) is 5.92 Å². The largest absolute Gasteiger partial charge is 0.326 e. The van der Waals surface area contributed by atoms with E-state index in [1.165, 1.54) is 11.1 Å². The Balaban J connectivity index is 1.61. The first-order chi connectivity index (χ1) is 9.78. The molecular weight excluding hydrogens is 314 g/mol. The second-order valence-electron chi connectivity index (χ2n) is 5.18. The van der Waals surface area contributed by atoms with Gasteiger partial charge in [0.25, 0.3) is 0 Å². The van der Waals surface area contributed by atoms with Crippen LogP contribution in [0.5, 0.6) is 0 Å². The van der Waals surface area contributed by atoms with E-state index < -0.39 is 0 Å². The summed E-state index contributed by atoms with van der Waals surface area (Å²) in [5.74, 6) is 0.636. The SMILES string of the molecule is O=C(Nc1ccc(CBr)cc1)C1CC1c1ccccc1. The van der Waals surface area contributed by atoms with Crippen LogP contribution in [0.15, 0.2) is 54.6 Å². The van der Waals surface area contributed by atoms with Crippen LogP contribution in [0.1, 0.15) is 23.5 Å². The number of amides is 1. The number of rotatable bonds is 4. The van der Waals surface area contributed by atoms with Crippen LogP contribution in [-0.4, -0.2) is 5.91 Å². The van der Waals surface area contributed by atoms with E-state index in [4.69, 9.17) is 0 Å². The van der Waals surface area contributed by atoms with Gasteiger partial charge in [-0.2, -0.15) is 0 Å². The highest BCUT2D eigenvalue weighted by atomic mass is 79.9. The predicted octanol–water partition coefficient (Wildman–Crippen LogP) is 4.32. The number of hydrogen-bond acceptors (Lipinski definition) is 1. The van der Waals surface area contributed by atoms with Gasteiger partial charge in [-0.1, -0.05) is 58.4 Å². The highest BCUT2D eigenvalue weighted by Crippen LogP contribution is 2.47. The molecular formula is C17H16BrNO. The molecule has 1 aliphatic carbocycles. The molecule has 0 aliphatic heterocycles. The quantitative estimate of drug-likeness (QED) is 0.831. The molecule has 2 nitrogen and oxygen atoms in total. The van der Waals surface area contributed by atoms with Gasteiger partial charge in [-0.3, -0.25) is 4.79 Å². The maximum absolute atomic E-state index is 12.2. The number of carbonyl (C=O) groups is 1. The van der Waals surface area contributed by atoms with E-state index in [0.717, 1.165) is 17.4 Å². The zero-order valence-corrected chi connectivity index (χ0v) is 12.6. The van der Waals surface area contributed by atoms with Gasteiger partial charge in [-0.15, -0.1) is 0 Å². The Morgan fingerprint density at radius 1 is 1.10 bits per heavy atom. The van der Waals surface area contributed by atoms with Crippen molar-refractivity contribution in [3.8, 4) is 0 Å². The molecule has 3 heteroatoms. The third-order valence-electron chi connectivity index (χ3n) is 3.73. The molecule has 0 spiro atoms. The van der Waals surface area contributed by atoms with Crippen LogP contribution in [0.3, 0.4) is 0 Å². The third kappa shape index (κ3) is 2.93. The van der Waals surface area contributed by atoms with Gasteiger partial charge >= 0.3 is 0 Å². The lowest BCUT2D eigenvalue weighted by atomic mass is 10.1. The van der Waals surface area contributed by atoms with Crippen molar-refractivity contribution in [2.24, 2.45) is 5.92 Å². The summed E-state index contributed by atoms with van der Waals surface area (Å²) in [6, 6.07) is 18.2. The predicted molar refractivity (Wildman–Crippen MR) is 85.0 cm³/mol. The van der Waals surface area contributed by atoms with Gasteiger partial charge in [0.1, 0.15) is 0 Å². The number of benzene rings is 2. The van der Waals surface area contributed by atoms with Crippen LogP contribution < -0.4 is 5.32 Å². The molecule has 1 fully saturated rings. The maximum atomic E-state index is 12.2. The fraction of sp³-hybridized carbons (Fsp3) is 0.235. The molecule has 2 aromatic carbocycles. The highest BCUT2D eigenvalue weighted by molar-refractivity contribution is 9.08. The Hall–Kier alpha value is -1.61. The summed E-state index contributed by atoms with van der Waals surface area (Å²) < 4.78 is 0. The third-order valence-corrected chi connectivity index (χ3v) is 4.38. The highest BCUT2D eigenvalue weighted by Gasteiger charge is 2.43. The Morgan fingerprint density at radius 2 is 1.80 bits per heavy atom. The Bertz CT molecular complexity index is 594. The number of nitrogens with one attached hydrogen (secondary N) is 1. The molecule has 102 valence electrons. The normalized spacial score (nSPS) is 20.4. The van der Waals surface area contributed by atoms with Crippen LogP contribution in [0.25, 0.3) is 0 Å². The maximum Gasteiger partial charge on any atom is 0.228 e. The minimum absolute atomic E-state index is 0.119. The smallest absolute Gasteiger partial charge is 0.228 e. The van der Waals surface area contributed by atoms with Crippen molar-refractivity contribution in [1.82, 2.24) is 0 Å². The van der Waals surface area contributed by atoms with Gasteiger partial charge in [0.2, 0.25) is 5.91 Å². The van der Waals surface area contributed by atoms with Crippen molar-refractivity contribution in [2.75, 3.05) is 5.32 Å². The minimum Gasteiger partial charge on any atom is -0.326 e. The van der Waals surface area contributed by atoms with Crippen LogP contribution in [0.2, 0.25) is 0 Å². The second-order valence-corrected chi connectivity index (χ2v) is 5.74. The first-order valence-electron chi connectivity index (χ1n) is 6.78. The van der Waals surface area contributed by atoms with Crippen molar-refractivity contribution in [3.05, 3.63) is 65.7 Å². The van der Waals surface area contributed by atoms with Gasteiger partial charge in [0.05, 0.1) is 0 Å². The average Bonchev–Trinajstić information content (AvgIpc) is 3.29. The summed E-state index contributed by atoms with van der Waals surface area (Å²) in [7, 11) is 0. The zero-order valence-electron chi connectivity index (χ0n) is 11.1. The summed E-state index contributed by atoms with van der Waals surface area (Å²) in [5, 5.41) is 3.83. The lowest BCUT2D eigenvalue weighted by Gasteiger charge is -2.05. The first-order valence-corrected chi connectivity index (χ1v) is 7.91. The lowest BCUT2D eigenvalue weighted by molar-refractivity contribution is -0.117. The summed E-state index contributed by atoms with van der Waals surface area (Å²) in [6.07, 6.45) is 0.954. The Morgan fingerprint density at radius 3 is 2.45 bits per heavy atom.